The molecule has 3 nitrogen and oxygen atoms in total. The molecule has 0 aliphatic carbocycles. The molecule has 1 heterocycles. The smallest absolute Gasteiger partial charge is 0.160 e. The van der Waals surface area contributed by atoms with E-state index in [9.17, 15) is 8.42 Å². The van der Waals surface area contributed by atoms with Gasteiger partial charge in [-0.25, -0.2) is 8.42 Å². The maximum absolute atomic E-state index is 13.0. The van der Waals surface area contributed by atoms with E-state index in [4.69, 9.17) is 0 Å². The van der Waals surface area contributed by atoms with E-state index in [1.807, 2.05) is 44.2 Å². The molecule has 0 amide bonds. The van der Waals surface area contributed by atoms with E-state index in [0.717, 1.165) is 18.7 Å². The van der Waals surface area contributed by atoms with Crippen molar-refractivity contribution in [3.8, 4) is 0 Å². The zero-order chi connectivity index (χ0) is 14.8. The number of rotatable bonds is 4. The Morgan fingerprint density at radius 3 is 2.20 bits per heavy atom. The molecule has 0 spiro atoms. The Bertz CT molecular complexity index is 529. The molecule has 0 saturated carbocycles. The van der Waals surface area contributed by atoms with E-state index < -0.39 is 14.6 Å². The average Bonchev–Trinajstić information content (AvgIpc) is 2.39. The SMILES string of the molecule is CC(C)CS(=O)(=O)C1(c2ccccc2)CCN(C)CC1. The van der Waals surface area contributed by atoms with Crippen molar-refractivity contribution in [2.24, 2.45) is 5.92 Å². The van der Waals surface area contributed by atoms with Crippen molar-refractivity contribution in [2.75, 3.05) is 25.9 Å². The third kappa shape index (κ3) is 2.91. The molecule has 1 aromatic rings. The third-order valence-electron chi connectivity index (χ3n) is 4.24. The van der Waals surface area contributed by atoms with Crippen molar-refractivity contribution in [1.82, 2.24) is 4.90 Å². The molecule has 0 N–H and O–H groups in total. The van der Waals surface area contributed by atoms with E-state index >= 15 is 0 Å². The molecule has 1 aromatic carbocycles. The normalized spacial score (nSPS) is 20.2. The second-order valence-electron chi connectivity index (χ2n) is 6.34. The van der Waals surface area contributed by atoms with Gasteiger partial charge in [-0.1, -0.05) is 44.2 Å². The standard InChI is InChI=1S/C16H25NO2S/c1-14(2)13-20(18,19)16(9-11-17(3)12-10-16)15-7-5-4-6-8-15/h4-8,14H,9-13H2,1-3H3. The molecule has 1 fully saturated rings. The molecule has 1 aliphatic heterocycles. The maximum Gasteiger partial charge on any atom is 0.160 e. The summed E-state index contributed by atoms with van der Waals surface area (Å²) in [5, 5.41) is 0. The second-order valence-corrected chi connectivity index (χ2v) is 8.68. The molecule has 4 heteroatoms. The van der Waals surface area contributed by atoms with Crippen LogP contribution in [0.4, 0.5) is 0 Å². The minimum absolute atomic E-state index is 0.167. The van der Waals surface area contributed by atoms with Crippen LogP contribution < -0.4 is 0 Å². The Morgan fingerprint density at radius 2 is 1.70 bits per heavy atom. The van der Waals surface area contributed by atoms with E-state index in [1.165, 1.54) is 0 Å². The number of hydrogen-bond donors (Lipinski definition) is 0. The van der Waals surface area contributed by atoms with Crippen LogP contribution in [0.25, 0.3) is 0 Å². The molecule has 2 rings (SSSR count). The summed E-state index contributed by atoms with van der Waals surface area (Å²) in [6, 6.07) is 9.79. The van der Waals surface area contributed by atoms with Gasteiger partial charge in [0.2, 0.25) is 0 Å². The first-order valence-electron chi connectivity index (χ1n) is 7.34. The van der Waals surface area contributed by atoms with Gasteiger partial charge in [0, 0.05) is 0 Å². The highest BCUT2D eigenvalue weighted by Gasteiger charge is 2.46. The fraction of sp³-hybridized carbons (Fsp3) is 0.625. The molecule has 0 atom stereocenters. The van der Waals surface area contributed by atoms with Crippen LogP contribution in [-0.4, -0.2) is 39.2 Å². The Kier molecular flexibility index (Phi) is 4.55. The van der Waals surface area contributed by atoms with Gasteiger partial charge in [0.25, 0.3) is 0 Å². The molecule has 0 radical (unpaired) electrons. The number of piperidine rings is 1. The van der Waals surface area contributed by atoms with Crippen molar-refractivity contribution < 1.29 is 8.42 Å². The van der Waals surface area contributed by atoms with Gasteiger partial charge < -0.3 is 4.90 Å². The lowest BCUT2D eigenvalue weighted by Gasteiger charge is -2.40. The molecule has 0 unspecified atom stereocenters. The van der Waals surface area contributed by atoms with Crippen molar-refractivity contribution >= 4 is 9.84 Å². The number of nitrogens with zero attached hydrogens (tertiary/aromatic N) is 1. The summed E-state index contributed by atoms with van der Waals surface area (Å²) in [5.41, 5.74) is 0.966. The minimum atomic E-state index is -3.15. The van der Waals surface area contributed by atoms with Crippen LogP contribution in [0.3, 0.4) is 0 Å². The van der Waals surface area contributed by atoms with Crippen LogP contribution >= 0.6 is 0 Å². The Labute approximate surface area is 122 Å². The van der Waals surface area contributed by atoms with Gasteiger partial charge in [0.15, 0.2) is 9.84 Å². The van der Waals surface area contributed by atoms with Gasteiger partial charge in [-0.2, -0.15) is 0 Å². The van der Waals surface area contributed by atoms with Crippen LogP contribution in [0.5, 0.6) is 0 Å². The van der Waals surface area contributed by atoms with E-state index in [0.29, 0.717) is 12.8 Å². The largest absolute Gasteiger partial charge is 0.306 e. The Hall–Kier alpha value is -0.870. The fourth-order valence-corrected chi connectivity index (χ4v) is 5.60. The summed E-state index contributed by atoms with van der Waals surface area (Å²) in [5.74, 6) is 0.436. The Balaban J connectivity index is 2.45. The summed E-state index contributed by atoms with van der Waals surface area (Å²) in [6.07, 6.45) is 1.39. The first-order valence-corrected chi connectivity index (χ1v) is 8.99. The highest BCUT2D eigenvalue weighted by molar-refractivity contribution is 7.92. The maximum atomic E-state index is 13.0. The van der Waals surface area contributed by atoms with Crippen LogP contribution in [0.2, 0.25) is 0 Å². The summed E-state index contributed by atoms with van der Waals surface area (Å²) in [7, 11) is -1.09. The van der Waals surface area contributed by atoms with Gasteiger partial charge >= 0.3 is 0 Å². The number of benzene rings is 1. The van der Waals surface area contributed by atoms with Gasteiger partial charge in [0.1, 0.15) is 0 Å². The van der Waals surface area contributed by atoms with Crippen LogP contribution in [0.1, 0.15) is 32.3 Å². The lowest BCUT2D eigenvalue weighted by atomic mass is 9.88. The lowest BCUT2D eigenvalue weighted by molar-refractivity contribution is 0.232. The predicted molar refractivity (Wildman–Crippen MR) is 83.5 cm³/mol. The molecular formula is C16H25NO2S. The highest BCUT2D eigenvalue weighted by Crippen LogP contribution is 2.41. The zero-order valence-corrected chi connectivity index (χ0v) is 13.5. The molecular weight excluding hydrogens is 270 g/mol. The fourth-order valence-electron chi connectivity index (χ4n) is 3.10. The van der Waals surface area contributed by atoms with Crippen LogP contribution in [0, 0.1) is 5.92 Å². The molecule has 0 bridgehead atoms. The summed E-state index contributed by atoms with van der Waals surface area (Å²) in [6.45, 7) is 5.63. The third-order valence-corrected chi connectivity index (χ3v) is 7.18. The molecule has 1 aliphatic rings. The second kappa shape index (κ2) is 5.86. The monoisotopic (exact) mass is 295 g/mol. The van der Waals surface area contributed by atoms with Crippen molar-refractivity contribution in [3.05, 3.63) is 35.9 Å². The van der Waals surface area contributed by atoms with Crippen molar-refractivity contribution in [2.45, 2.75) is 31.4 Å². The number of likely N-dealkylation sites (tertiary alicyclic amines) is 1. The predicted octanol–water partition coefficient (Wildman–Crippen LogP) is 2.68. The highest BCUT2D eigenvalue weighted by atomic mass is 32.2. The molecule has 112 valence electrons. The summed E-state index contributed by atoms with van der Waals surface area (Å²) < 4.78 is 25.3. The van der Waals surface area contributed by atoms with E-state index in [2.05, 4.69) is 11.9 Å². The lowest BCUT2D eigenvalue weighted by Crippen LogP contribution is -2.47. The van der Waals surface area contributed by atoms with Gasteiger partial charge in [-0.05, 0) is 44.5 Å². The topological polar surface area (TPSA) is 37.4 Å². The van der Waals surface area contributed by atoms with Gasteiger partial charge in [-0.3, -0.25) is 0 Å². The van der Waals surface area contributed by atoms with E-state index in [1.54, 1.807) is 0 Å². The first-order chi connectivity index (χ1) is 9.37. The summed E-state index contributed by atoms with van der Waals surface area (Å²) >= 11 is 0. The molecule has 20 heavy (non-hydrogen) atoms. The minimum Gasteiger partial charge on any atom is -0.306 e. The Morgan fingerprint density at radius 1 is 1.15 bits per heavy atom. The van der Waals surface area contributed by atoms with E-state index in [-0.39, 0.29) is 11.7 Å². The number of hydrogen-bond acceptors (Lipinski definition) is 3. The molecule has 1 saturated heterocycles. The quantitative estimate of drug-likeness (QED) is 0.857. The molecule has 0 aromatic heterocycles. The van der Waals surface area contributed by atoms with Gasteiger partial charge in [-0.15, -0.1) is 0 Å². The number of sulfone groups is 1. The van der Waals surface area contributed by atoms with Gasteiger partial charge in [0.05, 0.1) is 10.5 Å². The van der Waals surface area contributed by atoms with Crippen LogP contribution in [-0.2, 0) is 14.6 Å². The zero-order valence-electron chi connectivity index (χ0n) is 12.7. The average molecular weight is 295 g/mol. The summed E-state index contributed by atoms with van der Waals surface area (Å²) in [4.78, 5) is 2.21. The first kappa shape index (κ1) is 15.5. The van der Waals surface area contributed by atoms with Crippen LogP contribution in [0.15, 0.2) is 30.3 Å². The van der Waals surface area contributed by atoms with Crippen molar-refractivity contribution in [1.29, 1.82) is 0 Å². The van der Waals surface area contributed by atoms with Crippen molar-refractivity contribution in [3.63, 3.8) is 0 Å².